The predicted molar refractivity (Wildman–Crippen MR) is 193 cm³/mol. The highest BCUT2D eigenvalue weighted by Gasteiger charge is 2.41. The van der Waals surface area contributed by atoms with Gasteiger partial charge in [-0.25, -0.2) is 15.0 Å². The summed E-state index contributed by atoms with van der Waals surface area (Å²) in [6.45, 7) is 15.7. The number of allylic oxidation sites excluding steroid dienone is 11. The number of aliphatic hydroxyl groups excluding tert-OH is 1. The number of fused-ring (bicyclic) bond motifs is 5. The summed E-state index contributed by atoms with van der Waals surface area (Å²) in [4.78, 5) is 27.9. The van der Waals surface area contributed by atoms with Crippen molar-refractivity contribution < 1.29 is 19.4 Å². The van der Waals surface area contributed by atoms with Gasteiger partial charge in [0.05, 0.1) is 47.4 Å². The Morgan fingerprint density at radius 1 is 1.04 bits per heavy atom. The van der Waals surface area contributed by atoms with E-state index in [4.69, 9.17) is 24.5 Å². The van der Waals surface area contributed by atoms with Crippen molar-refractivity contribution in [2.24, 2.45) is 26.8 Å². The largest absolute Gasteiger partial charge is 0.511 e. The molecule has 48 heavy (non-hydrogen) atoms. The van der Waals surface area contributed by atoms with E-state index >= 15 is 0 Å². The van der Waals surface area contributed by atoms with Gasteiger partial charge in [-0.05, 0) is 87.5 Å². The first-order chi connectivity index (χ1) is 23.1. The van der Waals surface area contributed by atoms with Gasteiger partial charge in [-0.1, -0.05) is 40.0 Å². The molecule has 1 aliphatic carbocycles. The maximum Gasteiger partial charge on any atom is 0.305 e. The molecule has 1 saturated heterocycles. The second-order valence-electron chi connectivity index (χ2n) is 13.7. The normalized spacial score (nSPS) is 23.8. The fraction of sp³-hybridized carbons (Fsp3) is 0.500. The van der Waals surface area contributed by atoms with E-state index in [9.17, 15) is 9.90 Å². The van der Waals surface area contributed by atoms with Crippen LogP contribution < -0.4 is 5.32 Å². The lowest BCUT2D eigenvalue weighted by atomic mass is 9.86. The Bertz CT molecular complexity index is 1790. The first kappa shape index (κ1) is 33.8. The quantitative estimate of drug-likeness (QED) is 0.172. The van der Waals surface area contributed by atoms with Crippen molar-refractivity contribution in [1.82, 2.24) is 5.32 Å². The topological polar surface area (TPSA) is 105 Å². The van der Waals surface area contributed by atoms with E-state index < -0.39 is 0 Å². The van der Waals surface area contributed by atoms with E-state index in [1.54, 1.807) is 0 Å². The van der Waals surface area contributed by atoms with Crippen LogP contribution in [0.5, 0.6) is 0 Å². The molecule has 0 aromatic carbocycles. The van der Waals surface area contributed by atoms with Crippen molar-refractivity contribution in [3.05, 3.63) is 91.5 Å². The fourth-order valence-electron chi connectivity index (χ4n) is 7.89. The Balaban J connectivity index is 1.51. The van der Waals surface area contributed by atoms with Gasteiger partial charge in [0.15, 0.2) is 0 Å². The molecule has 8 bridgehead atoms. The second kappa shape index (κ2) is 13.8. The van der Waals surface area contributed by atoms with Crippen molar-refractivity contribution in [3.63, 3.8) is 0 Å². The molecule has 6 aliphatic rings. The van der Waals surface area contributed by atoms with Gasteiger partial charge >= 0.3 is 5.97 Å². The number of aliphatic imine (C=N–C) groups is 3. The number of esters is 1. The summed E-state index contributed by atoms with van der Waals surface area (Å²) < 4.78 is 11.5. The number of unbranched alkanes of at least 4 members (excludes halogenated alkanes) is 3. The number of carbonyl (C=O) groups excluding carboxylic acids is 1. The van der Waals surface area contributed by atoms with Crippen molar-refractivity contribution in [2.45, 2.75) is 106 Å². The highest BCUT2D eigenvalue weighted by Crippen LogP contribution is 2.46. The van der Waals surface area contributed by atoms with Crippen LogP contribution in [0.3, 0.4) is 0 Å². The molecule has 8 heteroatoms. The lowest BCUT2D eigenvalue weighted by Crippen LogP contribution is -2.16. The average Bonchev–Trinajstić information content (AvgIpc) is 3.82. The molecule has 2 N–H and O–H groups in total. The van der Waals surface area contributed by atoms with E-state index in [0.717, 1.165) is 91.9 Å². The number of rotatable bonds is 11. The van der Waals surface area contributed by atoms with Crippen LogP contribution in [0, 0.1) is 11.8 Å². The molecule has 3 atom stereocenters. The fourth-order valence-corrected chi connectivity index (χ4v) is 7.89. The SMILES string of the molecule is CCCCC[14CH2]OC(C)C1=C(C)C2=NC1=CC1=NC(=CC3=C(C)C4=C(O)CC(=C5NC(=C2)[C@@H](C)[C@@H]5CCC(=O)OC)C4=N3)C(CC)=C1C. The molecule has 0 amide bonds. The zero-order chi connectivity index (χ0) is 34.3. The zero-order valence-corrected chi connectivity index (χ0v) is 29.8. The zero-order valence-electron chi connectivity index (χ0n) is 29.8. The van der Waals surface area contributed by atoms with E-state index in [-0.39, 0.29) is 23.9 Å². The van der Waals surface area contributed by atoms with Gasteiger partial charge in [0.1, 0.15) is 5.76 Å². The summed E-state index contributed by atoms with van der Waals surface area (Å²) in [6, 6.07) is 0. The Kier molecular flexibility index (Phi) is 9.75. The van der Waals surface area contributed by atoms with Crippen LogP contribution in [0.2, 0.25) is 0 Å². The highest BCUT2D eigenvalue weighted by atomic mass is 16.7. The van der Waals surface area contributed by atoms with E-state index in [1.807, 2.05) is 6.92 Å². The summed E-state index contributed by atoms with van der Waals surface area (Å²) in [5, 5.41) is 15.1. The van der Waals surface area contributed by atoms with Crippen molar-refractivity contribution in [3.8, 4) is 0 Å². The third-order valence-corrected chi connectivity index (χ3v) is 10.8. The van der Waals surface area contributed by atoms with Crippen LogP contribution in [-0.2, 0) is 14.3 Å². The molecule has 5 heterocycles. The summed E-state index contributed by atoms with van der Waals surface area (Å²) in [5.74, 6) is 0.199. The van der Waals surface area contributed by atoms with Crippen molar-refractivity contribution in [2.75, 3.05) is 13.7 Å². The number of methoxy groups -OCH3 is 1. The summed E-state index contributed by atoms with van der Waals surface area (Å²) in [7, 11) is 1.43. The molecular formula is C40H50N4O4. The lowest BCUT2D eigenvalue weighted by Gasteiger charge is -2.17. The minimum atomic E-state index is -0.228. The van der Waals surface area contributed by atoms with Gasteiger partial charge in [0, 0.05) is 59.4 Å². The molecule has 8 nitrogen and oxygen atoms in total. The third kappa shape index (κ3) is 6.04. The Hall–Kier alpha value is -4.04. The number of ether oxygens (including phenoxy) is 2. The Labute approximate surface area is 285 Å². The van der Waals surface area contributed by atoms with E-state index in [0.29, 0.717) is 31.6 Å². The predicted octanol–water partition coefficient (Wildman–Crippen LogP) is 8.60. The minimum absolute atomic E-state index is 0.0172. The standard InChI is InChI=1S/C40H50N4O4/c1-9-11-12-13-16-48-25(7)37-23(5)31-18-30-22(4)27(14-15-36(46)47-8)39(43-30)28-17-35(45)38-24(6)32(44-40(28)38)19-33-26(10-2)21(3)29(41-33)20-34(37)42-31/h18-20,22,25,27,43,45H,9-17H2,1-8H3/t22-,25?,27-/m0/s1/i16+2. The molecule has 0 aromatic rings. The molecular weight excluding hydrogens is 602 g/mol. The molecule has 1 unspecified atom stereocenters. The van der Waals surface area contributed by atoms with E-state index in [1.165, 1.54) is 31.9 Å². The molecule has 1 fully saturated rings. The van der Waals surface area contributed by atoms with Gasteiger partial charge in [0.2, 0.25) is 0 Å². The number of hydrogen-bond donors (Lipinski definition) is 2. The maximum absolute atomic E-state index is 12.3. The molecule has 0 radical (unpaired) electrons. The molecule has 0 spiro atoms. The monoisotopic (exact) mass is 652 g/mol. The van der Waals surface area contributed by atoms with Crippen LogP contribution in [0.25, 0.3) is 0 Å². The van der Waals surface area contributed by atoms with Crippen LogP contribution in [0.4, 0.5) is 0 Å². The van der Waals surface area contributed by atoms with Gasteiger partial charge in [0.25, 0.3) is 0 Å². The van der Waals surface area contributed by atoms with Crippen LogP contribution in [-0.4, -0.2) is 48.0 Å². The molecule has 0 aromatic heterocycles. The smallest absolute Gasteiger partial charge is 0.305 e. The highest BCUT2D eigenvalue weighted by molar-refractivity contribution is 6.21. The van der Waals surface area contributed by atoms with Crippen LogP contribution in [0.1, 0.15) is 99.8 Å². The van der Waals surface area contributed by atoms with Crippen molar-refractivity contribution in [1.29, 1.82) is 0 Å². The van der Waals surface area contributed by atoms with Crippen molar-refractivity contribution >= 4 is 23.1 Å². The minimum Gasteiger partial charge on any atom is -0.511 e. The van der Waals surface area contributed by atoms with E-state index in [2.05, 4.69) is 65.1 Å². The second-order valence-corrected chi connectivity index (χ2v) is 13.7. The van der Waals surface area contributed by atoms with Gasteiger partial charge in [-0.2, -0.15) is 0 Å². The molecule has 254 valence electrons. The first-order valence-electron chi connectivity index (χ1n) is 17.7. The number of nitrogens with one attached hydrogen (secondary N) is 1. The number of hydrogen-bond acceptors (Lipinski definition) is 8. The summed E-state index contributed by atoms with van der Waals surface area (Å²) >= 11 is 0. The average molecular weight is 653 g/mol. The van der Waals surface area contributed by atoms with Gasteiger partial charge in [-0.3, -0.25) is 4.79 Å². The lowest BCUT2D eigenvalue weighted by molar-refractivity contribution is -0.140. The molecule has 0 saturated carbocycles. The van der Waals surface area contributed by atoms with Crippen LogP contribution >= 0.6 is 0 Å². The Morgan fingerprint density at radius 3 is 2.52 bits per heavy atom. The number of nitrogens with zero attached hydrogens (tertiary/aromatic N) is 3. The van der Waals surface area contributed by atoms with Gasteiger partial charge < -0.3 is 19.9 Å². The Morgan fingerprint density at radius 2 is 1.79 bits per heavy atom. The van der Waals surface area contributed by atoms with Crippen LogP contribution in [0.15, 0.2) is 106 Å². The third-order valence-electron chi connectivity index (χ3n) is 10.8. The summed E-state index contributed by atoms with van der Waals surface area (Å²) in [5.41, 5.74) is 14.5. The number of carbonyl (C=O) groups is 1. The first-order valence-corrected chi connectivity index (χ1v) is 17.7. The maximum atomic E-state index is 12.3. The summed E-state index contributed by atoms with van der Waals surface area (Å²) in [6.07, 6.45) is 13.0. The van der Waals surface area contributed by atoms with Gasteiger partial charge in [-0.15, -0.1) is 0 Å². The molecule has 6 rings (SSSR count). The molecule has 5 aliphatic heterocycles. The number of aliphatic hydroxyl groups is 1.